The molecule has 0 saturated carbocycles. The molecule has 38 heavy (non-hydrogen) atoms. The highest BCUT2D eigenvalue weighted by molar-refractivity contribution is 5.60. The largest absolute Gasteiger partial charge is 0.491 e. The summed E-state index contributed by atoms with van der Waals surface area (Å²) in [4.78, 5) is 0. The molecule has 1 heterocycles. The van der Waals surface area contributed by atoms with Gasteiger partial charge in [-0.25, -0.2) is 4.68 Å². The summed E-state index contributed by atoms with van der Waals surface area (Å²) < 4.78 is 7.52. The van der Waals surface area contributed by atoms with Gasteiger partial charge < -0.3 is 15.6 Å². The Hall–Kier alpha value is -2.86. The summed E-state index contributed by atoms with van der Waals surface area (Å²) in [6.45, 7) is 2.81. The number of ether oxygens (including phenoxy) is 1. The number of aryl methyl sites for hydroxylation is 1. The van der Waals surface area contributed by atoms with Crippen LogP contribution >= 0.6 is 0 Å². The molecule has 0 fully saturated rings. The Balaban J connectivity index is 1.25. The molecule has 0 aliphatic heterocycles. The summed E-state index contributed by atoms with van der Waals surface area (Å²) in [6.07, 6.45) is 20.1. The van der Waals surface area contributed by atoms with Gasteiger partial charge in [-0.1, -0.05) is 113 Å². The van der Waals surface area contributed by atoms with Crippen LogP contribution in [0.3, 0.4) is 0 Å². The number of nitrogens with zero attached hydrogens (tertiary/aromatic N) is 3. The maximum atomic E-state index is 10.5. The van der Waals surface area contributed by atoms with Gasteiger partial charge in [0.25, 0.3) is 0 Å². The van der Waals surface area contributed by atoms with E-state index in [1.807, 2.05) is 42.6 Å². The number of nitrogens with two attached hydrogens (primary N) is 1. The molecule has 3 N–H and O–H groups in total. The average molecular weight is 521 g/mol. The third-order valence-corrected chi connectivity index (χ3v) is 7.05. The van der Waals surface area contributed by atoms with E-state index in [1.165, 1.54) is 89.0 Å². The van der Waals surface area contributed by atoms with Gasteiger partial charge in [-0.2, -0.15) is 0 Å². The minimum Gasteiger partial charge on any atom is -0.491 e. The van der Waals surface area contributed by atoms with Crippen molar-refractivity contribution in [2.75, 3.05) is 12.3 Å². The molecule has 0 aliphatic rings. The van der Waals surface area contributed by atoms with Crippen LogP contribution in [0.4, 0.5) is 5.69 Å². The molecule has 6 nitrogen and oxygen atoms in total. The van der Waals surface area contributed by atoms with Gasteiger partial charge in [0.1, 0.15) is 24.2 Å². The number of hydrogen-bond donors (Lipinski definition) is 2. The van der Waals surface area contributed by atoms with E-state index in [0.717, 1.165) is 23.4 Å². The van der Waals surface area contributed by atoms with Crippen molar-refractivity contribution in [2.24, 2.45) is 0 Å². The van der Waals surface area contributed by atoms with Gasteiger partial charge in [-0.05, 0) is 42.7 Å². The van der Waals surface area contributed by atoms with Gasteiger partial charge in [0.2, 0.25) is 0 Å². The lowest BCUT2D eigenvalue weighted by Gasteiger charge is -2.13. The second-order valence-corrected chi connectivity index (χ2v) is 10.6. The van der Waals surface area contributed by atoms with E-state index < -0.39 is 6.10 Å². The SMILES string of the molecule is CCCCCCCCCCCCCCCc1cccc(OCC(O)Cn2cc(-c3ccc(N)cc3)nn2)c1. The van der Waals surface area contributed by atoms with E-state index in [4.69, 9.17) is 10.5 Å². The van der Waals surface area contributed by atoms with Crippen molar-refractivity contribution in [3.8, 4) is 17.0 Å². The first-order chi connectivity index (χ1) is 18.6. The third-order valence-electron chi connectivity index (χ3n) is 7.05. The summed E-state index contributed by atoms with van der Waals surface area (Å²) >= 11 is 0. The van der Waals surface area contributed by atoms with Gasteiger partial charge in [0.05, 0.1) is 12.7 Å². The van der Waals surface area contributed by atoms with Crippen LogP contribution in [0.1, 0.15) is 96.0 Å². The number of aliphatic hydroxyl groups excluding tert-OH is 1. The number of benzene rings is 2. The molecule has 6 heteroatoms. The number of rotatable bonds is 20. The fourth-order valence-corrected chi connectivity index (χ4v) is 4.77. The molecule has 1 aromatic heterocycles. The van der Waals surface area contributed by atoms with Crippen LogP contribution in [0.15, 0.2) is 54.7 Å². The van der Waals surface area contributed by atoms with Crippen LogP contribution in [0.2, 0.25) is 0 Å². The summed E-state index contributed by atoms with van der Waals surface area (Å²) in [7, 11) is 0. The highest BCUT2D eigenvalue weighted by atomic mass is 16.5. The highest BCUT2D eigenvalue weighted by Gasteiger charge is 2.10. The van der Waals surface area contributed by atoms with Crippen molar-refractivity contribution >= 4 is 5.69 Å². The molecule has 3 rings (SSSR count). The van der Waals surface area contributed by atoms with Crippen molar-refractivity contribution < 1.29 is 9.84 Å². The van der Waals surface area contributed by atoms with Crippen LogP contribution in [-0.4, -0.2) is 32.8 Å². The normalized spacial score (nSPS) is 12.1. The fraction of sp³-hybridized carbons (Fsp3) is 0.562. The quantitative estimate of drug-likeness (QED) is 0.118. The Morgan fingerprint density at radius 3 is 2.13 bits per heavy atom. The Bertz CT molecular complexity index is 1020. The Morgan fingerprint density at radius 1 is 0.842 bits per heavy atom. The molecule has 208 valence electrons. The zero-order valence-electron chi connectivity index (χ0n) is 23.4. The molecule has 1 unspecified atom stereocenters. The Kier molecular flexibility index (Phi) is 13.8. The number of hydrogen-bond acceptors (Lipinski definition) is 5. The zero-order chi connectivity index (χ0) is 26.8. The third kappa shape index (κ3) is 11.7. The number of aliphatic hydroxyl groups is 1. The van der Waals surface area contributed by atoms with E-state index in [2.05, 4.69) is 29.4 Å². The molecule has 0 amide bonds. The van der Waals surface area contributed by atoms with Crippen molar-refractivity contribution in [2.45, 2.75) is 109 Å². The molecule has 0 radical (unpaired) electrons. The van der Waals surface area contributed by atoms with Gasteiger partial charge in [0.15, 0.2) is 0 Å². The topological polar surface area (TPSA) is 86.2 Å². The smallest absolute Gasteiger partial charge is 0.119 e. The molecule has 0 saturated heterocycles. The standard InChI is InChI=1S/C32H48N4O2/c1-2-3-4-5-6-7-8-9-10-11-12-13-14-16-27-17-15-18-31(23-27)38-26-30(37)24-36-25-32(34-35-36)28-19-21-29(33)22-20-28/h15,17-23,25,30,37H,2-14,16,24,26,33H2,1H3. The lowest BCUT2D eigenvalue weighted by Crippen LogP contribution is -2.24. The minimum atomic E-state index is -0.680. The lowest BCUT2D eigenvalue weighted by atomic mass is 10.0. The summed E-state index contributed by atoms with van der Waals surface area (Å²) in [5.74, 6) is 0.803. The number of nitrogen functional groups attached to an aromatic ring is 1. The van der Waals surface area contributed by atoms with E-state index in [-0.39, 0.29) is 6.61 Å². The van der Waals surface area contributed by atoms with Crippen molar-refractivity contribution in [3.05, 3.63) is 60.3 Å². The van der Waals surface area contributed by atoms with E-state index in [9.17, 15) is 5.11 Å². The van der Waals surface area contributed by atoms with Crippen LogP contribution in [0, 0.1) is 0 Å². The minimum absolute atomic E-state index is 0.208. The van der Waals surface area contributed by atoms with Crippen LogP contribution in [0.5, 0.6) is 5.75 Å². The molecular weight excluding hydrogens is 472 g/mol. The first kappa shape index (κ1) is 29.7. The maximum Gasteiger partial charge on any atom is 0.119 e. The predicted molar refractivity (Wildman–Crippen MR) is 157 cm³/mol. The van der Waals surface area contributed by atoms with Crippen LogP contribution < -0.4 is 10.5 Å². The number of unbranched alkanes of at least 4 members (excludes halogenated alkanes) is 12. The average Bonchev–Trinajstić information content (AvgIpc) is 3.39. The summed E-state index contributed by atoms with van der Waals surface area (Å²) in [5, 5.41) is 18.8. The highest BCUT2D eigenvalue weighted by Crippen LogP contribution is 2.19. The molecule has 2 aromatic carbocycles. The maximum absolute atomic E-state index is 10.5. The molecule has 1 atom stereocenters. The lowest BCUT2D eigenvalue weighted by molar-refractivity contribution is 0.0888. The second kappa shape index (κ2) is 17.6. The molecule has 0 spiro atoms. The van der Waals surface area contributed by atoms with E-state index in [1.54, 1.807) is 4.68 Å². The molecule has 0 aliphatic carbocycles. The second-order valence-electron chi connectivity index (χ2n) is 10.6. The fourth-order valence-electron chi connectivity index (χ4n) is 4.77. The van der Waals surface area contributed by atoms with Crippen molar-refractivity contribution in [3.63, 3.8) is 0 Å². The Labute approximate surface area is 229 Å². The van der Waals surface area contributed by atoms with Gasteiger partial charge >= 0.3 is 0 Å². The monoisotopic (exact) mass is 520 g/mol. The molecular formula is C32H48N4O2. The molecule has 0 bridgehead atoms. The number of anilines is 1. The molecule has 3 aromatic rings. The zero-order valence-corrected chi connectivity index (χ0v) is 23.4. The predicted octanol–water partition coefficient (Wildman–Crippen LogP) is 7.60. The van der Waals surface area contributed by atoms with E-state index in [0.29, 0.717) is 12.2 Å². The van der Waals surface area contributed by atoms with Crippen molar-refractivity contribution in [1.82, 2.24) is 15.0 Å². The number of aromatic nitrogens is 3. The van der Waals surface area contributed by atoms with Gasteiger partial charge in [-0.15, -0.1) is 5.10 Å². The van der Waals surface area contributed by atoms with Crippen LogP contribution in [-0.2, 0) is 13.0 Å². The summed E-state index contributed by atoms with van der Waals surface area (Å²) in [5.41, 5.74) is 9.45. The first-order valence-electron chi connectivity index (χ1n) is 14.8. The van der Waals surface area contributed by atoms with Crippen molar-refractivity contribution in [1.29, 1.82) is 0 Å². The van der Waals surface area contributed by atoms with Crippen LogP contribution in [0.25, 0.3) is 11.3 Å². The van der Waals surface area contributed by atoms with Gasteiger partial charge in [0, 0.05) is 11.3 Å². The first-order valence-corrected chi connectivity index (χ1v) is 14.8. The Morgan fingerprint density at radius 2 is 1.47 bits per heavy atom. The van der Waals surface area contributed by atoms with E-state index >= 15 is 0 Å². The summed E-state index contributed by atoms with van der Waals surface area (Å²) in [6, 6.07) is 15.8. The van der Waals surface area contributed by atoms with Gasteiger partial charge in [-0.3, -0.25) is 0 Å².